The average Bonchev–Trinajstić information content (AvgIpc) is 3.14. The molecule has 4 atom stereocenters. The molecule has 256 valence electrons. The smallest absolute Gasteiger partial charge is 0.342 e. The summed E-state index contributed by atoms with van der Waals surface area (Å²) in [6.45, 7) is 15.0. The van der Waals surface area contributed by atoms with Crippen molar-refractivity contribution in [2.45, 2.75) is 103 Å². The molecule has 1 saturated heterocycles. The fourth-order valence-corrected chi connectivity index (χ4v) is 7.49. The van der Waals surface area contributed by atoms with E-state index in [0.717, 1.165) is 11.1 Å². The first-order valence-corrected chi connectivity index (χ1v) is 15.9. The molecule has 47 heavy (non-hydrogen) atoms. The second kappa shape index (κ2) is 11.9. The van der Waals surface area contributed by atoms with Crippen molar-refractivity contribution in [3.8, 4) is 23.0 Å². The molecule has 0 unspecified atom stereocenters. The molecule has 0 radical (unpaired) electrons. The van der Waals surface area contributed by atoms with Crippen LogP contribution in [0.5, 0.6) is 23.0 Å². The maximum absolute atomic E-state index is 14.7. The van der Waals surface area contributed by atoms with Gasteiger partial charge in [-0.25, -0.2) is 4.79 Å². The van der Waals surface area contributed by atoms with Crippen LogP contribution in [-0.2, 0) is 30.2 Å². The van der Waals surface area contributed by atoms with E-state index in [1.807, 2.05) is 79.7 Å². The number of aliphatic hydroxyl groups is 1. The highest BCUT2D eigenvalue weighted by atomic mass is 16.7. The Morgan fingerprint density at radius 1 is 1.02 bits per heavy atom. The molecule has 6 rings (SSSR count). The Morgan fingerprint density at radius 3 is 2.30 bits per heavy atom. The molecule has 3 aliphatic carbocycles. The van der Waals surface area contributed by atoms with Gasteiger partial charge in [-0.05, 0) is 86.5 Å². The molecule has 1 aromatic carbocycles. The molecule has 4 bridgehead atoms. The normalized spacial score (nSPS) is 29.0. The number of esters is 1. The summed E-state index contributed by atoms with van der Waals surface area (Å²) in [6.07, 6.45) is 9.59. The highest BCUT2D eigenvalue weighted by molar-refractivity contribution is 6.08. The summed E-state index contributed by atoms with van der Waals surface area (Å²) < 4.78 is 42.5. The van der Waals surface area contributed by atoms with Gasteiger partial charge in [-0.2, -0.15) is 0 Å². The molecule has 0 amide bonds. The summed E-state index contributed by atoms with van der Waals surface area (Å²) in [6, 6.07) is 0. The zero-order chi connectivity index (χ0) is 34.7. The van der Waals surface area contributed by atoms with Crippen LogP contribution in [0.3, 0.4) is 0 Å². The van der Waals surface area contributed by atoms with Crippen molar-refractivity contribution in [3.63, 3.8) is 0 Å². The Morgan fingerprint density at radius 2 is 1.70 bits per heavy atom. The first-order valence-electron chi connectivity index (χ1n) is 15.9. The molecular formula is C37H48O10. The van der Waals surface area contributed by atoms with Crippen LogP contribution >= 0.6 is 0 Å². The van der Waals surface area contributed by atoms with Gasteiger partial charge in [0.15, 0.2) is 23.9 Å². The van der Waals surface area contributed by atoms with Crippen LogP contribution in [0, 0.1) is 5.92 Å². The molecular weight excluding hydrogens is 604 g/mol. The summed E-state index contributed by atoms with van der Waals surface area (Å²) in [4.78, 5) is 29.0. The first-order chi connectivity index (χ1) is 21.9. The Bertz CT molecular complexity index is 1600. The number of fused-ring (bicyclic) bond motifs is 1. The molecule has 0 aromatic heterocycles. The van der Waals surface area contributed by atoms with E-state index < -0.39 is 45.7 Å². The minimum absolute atomic E-state index is 0.0519. The third-order valence-electron chi connectivity index (χ3n) is 9.73. The van der Waals surface area contributed by atoms with E-state index in [0.29, 0.717) is 29.0 Å². The van der Waals surface area contributed by atoms with E-state index in [4.69, 9.17) is 33.2 Å². The van der Waals surface area contributed by atoms with Gasteiger partial charge in [0.1, 0.15) is 22.6 Å². The molecule has 2 fully saturated rings. The minimum atomic E-state index is -2.01. The van der Waals surface area contributed by atoms with E-state index in [1.54, 1.807) is 7.11 Å². The van der Waals surface area contributed by atoms with E-state index in [1.165, 1.54) is 20.3 Å². The van der Waals surface area contributed by atoms with E-state index in [9.17, 15) is 14.7 Å². The number of allylic oxidation sites excluding steroid dienone is 3. The SMILES string of the molecule is COCOc1c2c(c(OC)c(CC=C(C)C)c1OC(=O)C1=C[C@]3(OC)C[C@H]4C(C)(C)O[C@](CC=C(C)C)(C3=O)[C@@]14O)C=CC(C)(C)O2. The van der Waals surface area contributed by atoms with Gasteiger partial charge in [0.2, 0.25) is 11.5 Å². The fourth-order valence-electron chi connectivity index (χ4n) is 7.49. The van der Waals surface area contributed by atoms with Crippen molar-refractivity contribution in [1.29, 1.82) is 0 Å². The van der Waals surface area contributed by atoms with Crippen molar-refractivity contribution in [1.82, 2.24) is 0 Å². The lowest BCUT2D eigenvalue weighted by atomic mass is 9.51. The van der Waals surface area contributed by atoms with Crippen LogP contribution in [0.2, 0.25) is 0 Å². The second-order valence-electron chi connectivity index (χ2n) is 14.4. The van der Waals surface area contributed by atoms with Gasteiger partial charge in [0.05, 0.1) is 23.8 Å². The van der Waals surface area contributed by atoms with E-state index in [-0.39, 0.29) is 36.7 Å². The monoisotopic (exact) mass is 652 g/mol. The third kappa shape index (κ3) is 5.33. The van der Waals surface area contributed by atoms with Gasteiger partial charge in [-0.1, -0.05) is 23.3 Å². The first kappa shape index (κ1) is 34.9. The van der Waals surface area contributed by atoms with Crippen LogP contribution in [0.15, 0.2) is 41.0 Å². The van der Waals surface area contributed by atoms with Crippen molar-refractivity contribution < 1.29 is 47.9 Å². The third-order valence-corrected chi connectivity index (χ3v) is 9.73. The van der Waals surface area contributed by atoms with Gasteiger partial charge >= 0.3 is 5.97 Å². The standard InChI is InChI=1S/C37H48O10/c1-21(2)12-13-23-27(42-10)24-15-16-33(5,6)46-29(24)30(44-20-41-9)28(23)45-31(38)25-18-35(43-11)19-26-34(7,8)47-36(32(35)39,37(25,26)40)17-14-22(3)4/h12,14-16,18,26,40H,13,17,19-20H2,1-11H3/t26-,35-,36+,37+/m0/s1. The van der Waals surface area contributed by atoms with Crippen LogP contribution in [0.1, 0.15) is 79.4 Å². The predicted molar refractivity (Wildman–Crippen MR) is 176 cm³/mol. The molecule has 1 aromatic rings. The summed E-state index contributed by atoms with van der Waals surface area (Å²) in [5.41, 5.74) is -3.95. The maximum Gasteiger partial charge on any atom is 0.342 e. The van der Waals surface area contributed by atoms with Gasteiger partial charge in [-0.3, -0.25) is 4.79 Å². The van der Waals surface area contributed by atoms with Crippen molar-refractivity contribution in [3.05, 3.63) is 52.2 Å². The minimum Gasteiger partial charge on any atom is -0.496 e. The number of benzene rings is 1. The second-order valence-corrected chi connectivity index (χ2v) is 14.4. The number of hydrogen-bond acceptors (Lipinski definition) is 10. The Kier molecular flexibility index (Phi) is 8.84. The van der Waals surface area contributed by atoms with Crippen molar-refractivity contribution in [2.24, 2.45) is 5.92 Å². The van der Waals surface area contributed by atoms with E-state index in [2.05, 4.69) is 0 Å². The number of hydrogen-bond donors (Lipinski definition) is 1. The van der Waals surface area contributed by atoms with E-state index >= 15 is 0 Å². The van der Waals surface area contributed by atoms with Gasteiger partial charge < -0.3 is 38.3 Å². The zero-order valence-corrected chi connectivity index (χ0v) is 29.4. The zero-order valence-electron chi connectivity index (χ0n) is 29.4. The van der Waals surface area contributed by atoms with Crippen LogP contribution < -0.4 is 18.9 Å². The number of carbonyl (C=O) groups excluding carboxylic acids is 2. The molecule has 10 nitrogen and oxygen atoms in total. The number of ketones is 1. The number of methoxy groups -OCH3 is 3. The van der Waals surface area contributed by atoms with Gasteiger partial charge in [-0.15, -0.1) is 0 Å². The summed E-state index contributed by atoms with van der Waals surface area (Å²) in [5, 5.41) is 12.8. The molecule has 0 spiro atoms. The largest absolute Gasteiger partial charge is 0.496 e. The number of Topliss-reactive ketones (excluding diaryl/α,β-unsaturated/α-hetero) is 1. The molecule has 5 aliphatic rings. The lowest BCUT2D eigenvalue weighted by molar-refractivity contribution is -0.196. The van der Waals surface area contributed by atoms with Gasteiger partial charge in [0.25, 0.3) is 0 Å². The van der Waals surface area contributed by atoms with Crippen molar-refractivity contribution in [2.75, 3.05) is 28.1 Å². The summed E-state index contributed by atoms with van der Waals surface area (Å²) in [5.74, 6) is -0.980. The number of ether oxygens (including phenoxy) is 7. The molecule has 10 heteroatoms. The highest BCUT2D eigenvalue weighted by Crippen LogP contribution is 2.66. The highest BCUT2D eigenvalue weighted by Gasteiger charge is 2.82. The lowest BCUT2D eigenvalue weighted by Crippen LogP contribution is -2.74. The van der Waals surface area contributed by atoms with Crippen LogP contribution in [0.25, 0.3) is 6.08 Å². The average molecular weight is 653 g/mol. The molecule has 2 heterocycles. The summed E-state index contributed by atoms with van der Waals surface area (Å²) >= 11 is 0. The number of rotatable bonds is 11. The lowest BCUT2D eigenvalue weighted by Gasteiger charge is -2.55. The van der Waals surface area contributed by atoms with Crippen LogP contribution in [-0.4, -0.2) is 73.0 Å². The predicted octanol–water partition coefficient (Wildman–Crippen LogP) is 5.83. The van der Waals surface area contributed by atoms with Crippen molar-refractivity contribution >= 4 is 17.8 Å². The molecule has 2 aliphatic heterocycles. The fraction of sp³-hybridized carbons (Fsp3) is 0.568. The molecule has 1 N–H and O–H groups in total. The number of carbonyl (C=O) groups is 2. The molecule has 1 saturated carbocycles. The Balaban J connectivity index is 1.74. The Hall–Kier alpha value is -3.44. The Labute approximate surface area is 277 Å². The quantitative estimate of drug-likeness (QED) is 0.135. The maximum atomic E-state index is 14.7. The topological polar surface area (TPSA) is 119 Å². The summed E-state index contributed by atoms with van der Waals surface area (Å²) in [7, 11) is 4.46. The van der Waals surface area contributed by atoms with Crippen LogP contribution in [0.4, 0.5) is 0 Å². The van der Waals surface area contributed by atoms with Gasteiger partial charge in [0, 0.05) is 32.1 Å².